The Labute approximate surface area is 118 Å². The highest BCUT2D eigenvalue weighted by Crippen LogP contribution is 2.47. The van der Waals surface area contributed by atoms with Gasteiger partial charge in [-0.2, -0.15) is 0 Å². The van der Waals surface area contributed by atoms with Crippen LogP contribution < -0.4 is 10.6 Å². The van der Waals surface area contributed by atoms with Crippen LogP contribution in [0.15, 0.2) is 24.3 Å². The van der Waals surface area contributed by atoms with E-state index in [-0.39, 0.29) is 11.6 Å². The van der Waals surface area contributed by atoms with Gasteiger partial charge in [-0.1, -0.05) is 42.6 Å². The van der Waals surface area contributed by atoms with Gasteiger partial charge in [0.05, 0.1) is 5.54 Å². The molecular formula is C15H19ClN2O. The maximum Gasteiger partial charge on any atom is 0.315 e. The first-order valence-electron chi connectivity index (χ1n) is 7.03. The van der Waals surface area contributed by atoms with E-state index in [1.807, 2.05) is 24.3 Å². The minimum absolute atomic E-state index is 0.0516. The molecule has 3 rings (SSSR count). The fraction of sp³-hybridized carbons (Fsp3) is 0.533. The highest BCUT2D eigenvalue weighted by atomic mass is 35.5. The lowest BCUT2D eigenvalue weighted by Crippen LogP contribution is -2.45. The van der Waals surface area contributed by atoms with Crippen molar-refractivity contribution in [1.82, 2.24) is 10.6 Å². The summed E-state index contributed by atoms with van der Waals surface area (Å²) in [6.45, 7) is 0. The van der Waals surface area contributed by atoms with E-state index in [1.54, 1.807) is 0 Å². The molecule has 2 fully saturated rings. The molecule has 19 heavy (non-hydrogen) atoms. The highest BCUT2D eigenvalue weighted by molar-refractivity contribution is 6.31. The van der Waals surface area contributed by atoms with Crippen molar-refractivity contribution < 1.29 is 4.79 Å². The van der Waals surface area contributed by atoms with Gasteiger partial charge in [-0.15, -0.1) is 0 Å². The van der Waals surface area contributed by atoms with Gasteiger partial charge in [0.25, 0.3) is 0 Å². The molecule has 0 heterocycles. The number of hydrogen-bond donors (Lipinski definition) is 2. The summed E-state index contributed by atoms with van der Waals surface area (Å²) in [7, 11) is 0. The minimum Gasteiger partial charge on any atom is -0.335 e. The molecule has 0 atom stereocenters. The third-order valence-corrected chi connectivity index (χ3v) is 4.51. The van der Waals surface area contributed by atoms with Crippen LogP contribution in [0.4, 0.5) is 4.79 Å². The van der Waals surface area contributed by atoms with Crippen LogP contribution in [-0.4, -0.2) is 12.1 Å². The van der Waals surface area contributed by atoms with Crippen LogP contribution in [-0.2, 0) is 5.54 Å². The molecule has 0 saturated heterocycles. The fourth-order valence-corrected chi connectivity index (χ4v) is 3.26. The summed E-state index contributed by atoms with van der Waals surface area (Å²) in [5.74, 6) is 0. The molecule has 3 nitrogen and oxygen atoms in total. The summed E-state index contributed by atoms with van der Waals surface area (Å²) in [6.07, 6.45) is 6.59. The van der Waals surface area contributed by atoms with E-state index in [0.29, 0.717) is 6.04 Å². The Kier molecular flexibility index (Phi) is 3.40. The molecule has 0 radical (unpaired) electrons. The van der Waals surface area contributed by atoms with E-state index in [0.717, 1.165) is 36.3 Å². The van der Waals surface area contributed by atoms with Crippen molar-refractivity contribution in [3.05, 3.63) is 34.9 Å². The second-order valence-corrected chi connectivity index (χ2v) is 6.05. The quantitative estimate of drug-likeness (QED) is 0.872. The molecular weight excluding hydrogens is 260 g/mol. The molecule has 0 unspecified atom stereocenters. The second kappa shape index (κ2) is 5.04. The molecule has 102 valence electrons. The molecule has 4 heteroatoms. The molecule has 2 aliphatic carbocycles. The average molecular weight is 279 g/mol. The van der Waals surface area contributed by atoms with Gasteiger partial charge in [-0.3, -0.25) is 0 Å². The monoisotopic (exact) mass is 278 g/mol. The number of rotatable bonds is 3. The van der Waals surface area contributed by atoms with Gasteiger partial charge in [0.1, 0.15) is 0 Å². The van der Waals surface area contributed by atoms with E-state index >= 15 is 0 Å². The largest absolute Gasteiger partial charge is 0.335 e. The van der Waals surface area contributed by atoms with E-state index in [9.17, 15) is 4.79 Å². The molecule has 2 amide bonds. The Bertz CT molecular complexity index is 479. The van der Waals surface area contributed by atoms with Crippen LogP contribution in [0.1, 0.15) is 44.1 Å². The highest BCUT2D eigenvalue weighted by Gasteiger charge is 2.47. The number of hydrogen-bond acceptors (Lipinski definition) is 1. The zero-order valence-corrected chi connectivity index (χ0v) is 11.7. The van der Waals surface area contributed by atoms with Gasteiger partial charge in [-0.05, 0) is 37.3 Å². The second-order valence-electron chi connectivity index (χ2n) is 5.64. The minimum atomic E-state index is -0.235. The zero-order chi connectivity index (χ0) is 13.3. The molecule has 0 spiro atoms. The SMILES string of the molecule is O=C(NC1CCCC1)NC1(c2ccccc2Cl)CC1. The Hall–Kier alpha value is -1.22. The third-order valence-electron chi connectivity index (χ3n) is 4.18. The lowest BCUT2D eigenvalue weighted by atomic mass is 10.1. The van der Waals surface area contributed by atoms with Crippen LogP contribution in [0.5, 0.6) is 0 Å². The number of carbonyl (C=O) groups excluding carboxylic acids is 1. The van der Waals surface area contributed by atoms with Gasteiger partial charge < -0.3 is 10.6 Å². The maximum absolute atomic E-state index is 12.1. The van der Waals surface area contributed by atoms with E-state index < -0.39 is 0 Å². The van der Waals surface area contributed by atoms with Crippen LogP contribution in [0.3, 0.4) is 0 Å². The molecule has 2 saturated carbocycles. The van der Waals surface area contributed by atoms with E-state index in [1.165, 1.54) is 12.8 Å². The molecule has 0 aromatic heterocycles. The summed E-state index contributed by atoms with van der Waals surface area (Å²) in [5.41, 5.74) is 0.805. The Balaban J connectivity index is 1.65. The van der Waals surface area contributed by atoms with Gasteiger partial charge in [0.2, 0.25) is 0 Å². The van der Waals surface area contributed by atoms with Gasteiger partial charge in [-0.25, -0.2) is 4.79 Å². The molecule has 1 aromatic carbocycles. The summed E-state index contributed by atoms with van der Waals surface area (Å²) in [6, 6.07) is 8.07. The average Bonchev–Trinajstić information content (AvgIpc) is 2.97. The van der Waals surface area contributed by atoms with Crippen molar-refractivity contribution in [2.45, 2.75) is 50.1 Å². The van der Waals surface area contributed by atoms with Crippen molar-refractivity contribution in [2.75, 3.05) is 0 Å². The predicted molar refractivity (Wildman–Crippen MR) is 76.3 cm³/mol. The summed E-state index contributed by atoms with van der Waals surface area (Å²) >= 11 is 6.23. The predicted octanol–water partition coefficient (Wildman–Crippen LogP) is 3.57. The topological polar surface area (TPSA) is 41.1 Å². The van der Waals surface area contributed by atoms with Gasteiger partial charge in [0, 0.05) is 11.1 Å². The number of urea groups is 1. The summed E-state index contributed by atoms with van der Waals surface area (Å²) < 4.78 is 0. The van der Waals surface area contributed by atoms with Crippen molar-refractivity contribution >= 4 is 17.6 Å². The number of carbonyl (C=O) groups is 1. The number of halogens is 1. The first kappa shape index (κ1) is 12.8. The molecule has 1 aromatic rings. The van der Waals surface area contributed by atoms with Crippen LogP contribution in [0, 0.1) is 0 Å². The molecule has 0 aliphatic heterocycles. The number of benzene rings is 1. The smallest absolute Gasteiger partial charge is 0.315 e. The standard InChI is InChI=1S/C15H19ClN2O/c16-13-8-4-3-7-12(13)15(9-10-15)18-14(19)17-11-5-1-2-6-11/h3-4,7-8,11H,1-2,5-6,9-10H2,(H2,17,18,19). The van der Waals surface area contributed by atoms with Gasteiger partial charge in [0.15, 0.2) is 0 Å². The Morgan fingerprint density at radius 1 is 1.21 bits per heavy atom. The number of amides is 2. The van der Waals surface area contributed by atoms with Crippen molar-refractivity contribution in [1.29, 1.82) is 0 Å². The maximum atomic E-state index is 12.1. The van der Waals surface area contributed by atoms with Crippen LogP contribution in [0.25, 0.3) is 0 Å². The molecule has 2 aliphatic rings. The molecule has 2 N–H and O–H groups in total. The fourth-order valence-electron chi connectivity index (χ4n) is 2.94. The Morgan fingerprint density at radius 3 is 2.53 bits per heavy atom. The third kappa shape index (κ3) is 2.71. The van der Waals surface area contributed by atoms with Gasteiger partial charge >= 0.3 is 6.03 Å². The first-order valence-corrected chi connectivity index (χ1v) is 7.41. The van der Waals surface area contributed by atoms with Crippen molar-refractivity contribution in [2.24, 2.45) is 0 Å². The zero-order valence-electron chi connectivity index (χ0n) is 10.9. The molecule has 0 bridgehead atoms. The van der Waals surface area contributed by atoms with E-state index in [2.05, 4.69) is 10.6 Å². The lowest BCUT2D eigenvalue weighted by Gasteiger charge is -2.21. The first-order chi connectivity index (χ1) is 9.20. The van der Waals surface area contributed by atoms with Crippen molar-refractivity contribution in [3.8, 4) is 0 Å². The normalized spacial score (nSPS) is 21.1. The number of nitrogens with one attached hydrogen (secondary N) is 2. The summed E-state index contributed by atoms with van der Waals surface area (Å²) in [4.78, 5) is 12.1. The van der Waals surface area contributed by atoms with Crippen molar-refractivity contribution in [3.63, 3.8) is 0 Å². The van der Waals surface area contributed by atoms with Crippen LogP contribution >= 0.6 is 11.6 Å². The van der Waals surface area contributed by atoms with E-state index in [4.69, 9.17) is 11.6 Å². The Morgan fingerprint density at radius 2 is 1.89 bits per heavy atom. The van der Waals surface area contributed by atoms with Crippen LogP contribution in [0.2, 0.25) is 5.02 Å². The summed E-state index contributed by atoms with van der Waals surface area (Å²) in [5, 5.41) is 6.93. The lowest BCUT2D eigenvalue weighted by molar-refractivity contribution is 0.232.